The summed E-state index contributed by atoms with van der Waals surface area (Å²) in [6.07, 6.45) is 1.17. The van der Waals surface area contributed by atoms with Crippen molar-refractivity contribution in [2.24, 2.45) is 0 Å². The Morgan fingerprint density at radius 3 is 1.87 bits per heavy atom. The molecule has 1 aliphatic heterocycles. The molecule has 4 nitrogen and oxygen atoms in total. The van der Waals surface area contributed by atoms with Gasteiger partial charge in [-0.2, -0.15) is 0 Å². The van der Waals surface area contributed by atoms with Crippen molar-refractivity contribution >= 4 is 21.5 Å². The van der Waals surface area contributed by atoms with Crippen LogP contribution in [0.4, 0.5) is 0 Å². The minimum absolute atomic E-state index is 0.496. The van der Waals surface area contributed by atoms with Gasteiger partial charge in [-0.1, -0.05) is 146 Å². The molecule has 0 spiro atoms. The topological polar surface area (TPSA) is 47.9 Å². The highest BCUT2D eigenvalue weighted by Gasteiger charge is 2.44. The molecular formula is C50H33N3O. The molecule has 2 heterocycles. The summed E-state index contributed by atoms with van der Waals surface area (Å²) in [4.78, 5) is 15.6. The second-order valence-corrected chi connectivity index (χ2v) is 14.4. The van der Waals surface area contributed by atoms with Gasteiger partial charge in [-0.25, -0.2) is 15.0 Å². The van der Waals surface area contributed by atoms with Crippen molar-refractivity contribution in [2.75, 3.05) is 0 Å². The average molecular weight is 692 g/mol. The molecule has 1 aromatic heterocycles. The van der Waals surface area contributed by atoms with Gasteiger partial charge in [0.05, 0.1) is 0 Å². The molecule has 2 aliphatic rings. The van der Waals surface area contributed by atoms with Gasteiger partial charge in [0.25, 0.3) is 0 Å². The van der Waals surface area contributed by atoms with Gasteiger partial charge in [0.15, 0.2) is 17.5 Å². The van der Waals surface area contributed by atoms with E-state index >= 15 is 0 Å². The first kappa shape index (κ1) is 30.7. The highest BCUT2D eigenvalue weighted by atomic mass is 16.5. The Morgan fingerprint density at radius 1 is 0.389 bits per heavy atom. The molecule has 0 amide bonds. The van der Waals surface area contributed by atoms with Crippen LogP contribution < -0.4 is 4.74 Å². The van der Waals surface area contributed by atoms with E-state index < -0.39 is 0 Å². The molecule has 54 heavy (non-hydrogen) atoms. The number of hydrogen-bond acceptors (Lipinski definition) is 4. The quantitative estimate of drug-likeness (QED) is 0.180. The first-order valence-corrected chi connectivity index (χ1v) is 18.6. The van der Waals surface area contributed by atoms with Crippen LogP contribution in [0.25, 0.3) is 78.0 Å². The Labute approximate surface area is 313 Å². The third kappa shape index (κ3) is 5.26. The first-order chi connectivity index (χ1) is 26.7. The Kier molecular flexibility index (Phi) is 7.02. The zero-order valence-corrected chi connectivity index (χ0v) is 29.4. The fraction of sp³-hybridized carbons (Fsp3) is 0.0600. The van der Waals surface area contributed by atoms with E-state index in [0.717, 1.165) is 55.7 Å². The number of benzene rings is 8. The Bertz CT molecular complexity index is 2900. The lowest BCUT2D eigenvalue weighted by Gasteiger charge is -2.15. The van der Waals surface area contributed by atoms with E-state index in [1.54, 1.807) is 0 Å². The average Bonchev–Trinajstić information content (AvgIpc) is 4.05. The van der Waals surface area contributed by atoms with Crippen molar-refractivity contribution in [1.29, 1.82) is 0 Å². The van der Waals surface area contributed by atoms with Crippen LogP contribution in [0.1, 0.15) is 29.4 Å². The van der Waals surface area contributed by atoms with Crippen molar-refractivity contribution in [2.45, 2.75) is 18.3 Å². The van der Waals surface area contributed by atoms with Crippen LogP contribution in [0, 0.1) is 0 Å². The summed E-state index contributed by atoms with van der Waals surface area (Å²) in [6.45, 7) is 0. The van der Waals surface area contributed by atoms with Gasteiger partial charge in [-0.15, -0.1) is 0 Å². The molecular weight excluding hydrogens is 659 g/mol. The van der Waals surface area contributed by atoms with E-state index in [1.807, 2.05) is 0 Å². The maximum Gasteiger partial charge on any atom is 0.164 e. The number of rotatable bonds is 5. The number of hydrogen-bond donors (Lipinski definition) is 0. The maximum atomic E-state index is 6.43. The molecule has 8 aromatic carbocycles. The van der Waals surface area contributed by atoms with Crippen LogP contribution in [0.3, 0.4) is 0 Å². The molecule has 0 N–H and O–H groups in total. The number of nitrogens with zero attached hydrogens (tertiary/aromatic N) is 3. The predicted molar refractivity (Wildman–Crippen MR) is 219 cm³/mol. The van der Waals surface area contributed by atoms with Crippen LogP contribution >= 0.6 is 0 Å². The summed E-state index contributed by atoms with van der Waals surface area (Å²) in [7, 11) is 0. The highest BCUT2D eigenvalue weighted by molar-refractivity contribution is 6.03. The third-order valence-electron chi connectivity index (χ3n) is 11.1. The van der Waals surface area contributed by atoms with Crippen molar-refractivity contribution in [3.8, 4) is 67.9 Å². The second-order valence-electron chi connectivity index (χ2n) is 14.4. The molecule has 0 bridgehead atoms. The molecule has 2 atom stereocenters. The molecule has 0 radical (unpaired) electrons. The van der Waals surface area contributed by atoms with Crippen LogP contribution in [0.2, 0.25) is 0 Å². The Balaban J connectivity index is 1.03. The lowest BCUT2D eigenvalue weighted by molar-refractivity contribution is 0.476. The minimum atomic E-state index is 0.496. The molecule has 2 unspecified atom stereocenters. The van der Waals surface area contributed by atoms with E-state index in [4.69, 9.17) is 19.7 Å². The third-order valence-corrected chi connectivity index (χ3v) is 11.1. The second kappa shape index (κ2) is 12.4. The Hall–Kier alpha value is -6.91. The van der Waals surface area contributed by atoms with Crippen LogP contribution in [-0.2, 0) is 0 Å². The van der Waals surface area contributed by atoms with Crippen LogP contribution in [-0.4, -0.2) is 15.0 Å². The predicted octanol–water partition coefficient (Wildman–Crippen LogP) is 12.9. The number of para-hydroxylation sites is 1. The smallest absolute Gasteiger partial charge is 0.164 e. The van der Waals surface area contributed by atoms with E-state index in [0.29, 0.717) is 29.3 Å². The SMILES string of the molecule is c1ccc(-c2c(-c3nc(-c4ccc(-c5ccc6c(c5)C5CC5c5ccccc5O6)cc4)nc(-c4ccc5ccccc5c4)n3)ccc3ccccc23)cc1. The summed E-state index contributed by atoms with van der Waals surface area (Å²) in [5, 5.41) is 4.66. The standard InChI is InChI=1S/C50H33N3O/c1-2-12-34(13-3-1)47-39-15-7-6-11-33(39)24-26-41(47)50-52-48(51-49(53-50)38-23-20-31-10-4-5-14-36(31)28-38)35-21-18-32(19-22-35)37-25-27-46-44(29-37)43-30-42(43)40-16-8-9-17-45(40)54-46/h1-29,42-43H,30H2. The minimum Gasteiger partial charge on any atom is -0.457 e. The van der Waals surface area contributed by atoms with Crippen molar-refractivity contribution in [1.82, 2.24) is 15.0 Å². The van der Waals surface area contributed by atoms with E-state index in [-0.39, 0.29) is 0 Å². The fourth-order valence-corrected chi connectivity index (χ4v) is 8.26. The van der Waals surface area contributed by atoms with Gasteiger partial charge < -0.3 is 4.74 Å². The van der Waals surface area contributed by atoms with Crippen LogP contribution in [0.15, 0.2) is 176 Å². The van der Waals surface area contributed by atoms with Gasteiger partial charge in [0.1, 0.15) is 11.5 Å². The summed E-state index contributed by atoms with van der Waals surface area (Å²) < 4.78 is 6.43. The number of fused-ring (bicyclic) bond motifs is 7. The zero-order valence-electron chi connectivity index (χ0n) is 29.4. The molecule has 11 rings (SSSR count). The lowest BCUT2D eigenvalue weighted by atomic mass is 9.93. The molecule has 1 aliphatic carbocycles. The van der Waals surface area contributed by atoms with Gasteiger partial charge in [0, 0.05) is 22.3 Å². The van der Waals surface area contributed by atoms with Gasteiger partial charge >= 0.3 is 0 Å². The largest absolute Gasteiger partial charge is 0.457 e. The lowest BCUT2D eigenvalue weighted by Crippen LogP contribution is -2.01. The molecule has 1 fully saturated rings. The molecule has 4 heteroatoms. The van der Waals surface area contributed by atoms with Crippen molar-refractivity contribution in [3.63, 3.8) is 0 Å². The summed E-state index contributed by atoms with van der Waals surface area (Å²) >= 11 is 0. The van der Waals surface area contributed by atoms with Gasteiger partial charge in [-0.05, 0) is 98.0 Å². The van der Waals surface area contributed by atoms with Gasteiger partial charge in [0.2, 0.25) is 0 Å². The number of aromatic nitrogens is 3. The van der Waals surface area contributed by atoms with Crippen molar-refractivity contribution < 1.29 is 4.74 Å². The zero-order chi connectivity index (χ0) is 35.6. The van der Waals surface area contributed by atoms with E-state index in [2.05, 4.69) is 176 Å². The normalized spacial score (nSPS) is 15.5. The Morgan fingerprint density at radius 2 is 1.00 bits per heavy atom. The van der Waals surface area contributed by atoms with E-state index in [9.17, 15) is 0 Å². The van der Waals surface area contributed by atoms with E-state index in [1.165, 1.54) is 33.9 Å². The monoisotopic (exact) mass is 691 g/mol. The number of ether oxygens (including phenoxy) is 1. The molecule has 254 valence electrons. The first-order valence-electron chi connectivity index (χ1n) is 18.6. The summed E-state index contributed by atoms with van der Waals surface area (Å²) in [5.41, 5.74) is 10.0. The summed E-state index contributed by atoms with van der Waals surface area (Å²) in [6, 6.07) is 61.9. The molecule has 1 saturated carbocycles. The fourth-order valence-electron chi connectivity index (χ4n) is 8.26. The molecule has 0 saturated heterocycles. The van der Waals surface area contributed by atoms with Gasteiger partial charge in [-0.3, -0.25) is 0 Å². The van der Waals surface area contributed by atoms with Crippen molar-refractivity contribution in [3.05, 3.63) is 187 Å². The maximum absolute atomic E-state index is 6.43. The highest BCUT2D eigenvalue weighted by Crippen LogP contribution is 2.61. The summed E-state index contributed by atoms with van der Waals surface area (Å²) in [5.74, 6) is 4.90. The van der Waals surface area contributed by atoms with Crippen LogP contribution in [0.5, 0.6) is 11.5 Å². The molecule has 9 aromatic rings.